The van der Waals surface area contributed by atoms with Gasteiger partial charge in [-0.1, -0.05) is 26.0 Å². The molecule has 0 spiro atoms. The van der Waals surface area contributed by atoms with Crippen molar-refractivity contribution in [2.45, 2.75) is 56.1 Å². The van der Waals surface area contributed by atoms with Crippen molar-refractivity contribution in [3.8, 4) is 11.5 Å². The van der Waals surface area contributed by atoms with Crippen molar-refractivity contribution < 1.29 is 46.4 Å². The zero-order valence-corrected chi connectivity index (χ0v) is 28.1. The summed E-state index contributed by atoms with van der Waals surface area (Å²) in [5.74, 6) is 1.08. The van der Waals surface area contributed by atoms with Gasteiger partial charge in [0.05, 0.1) is 50.8 Å². The van der Waals surface area contributed by atoms with Crippen LogP contribution in [0.15, 0.2) is 53.4 Å². The van der Waals surface area contributed by atoms with Crippen molar-refractivity contribution in [2.75, 3.05) is 53.7 Å². The van der Waals surface area contributed by atoms with Crippen molar-refractivity contribution in [1.82, 2.24) is 14.9 Å². The van der Waals surface area contributed by atoms with E-state index >= 15 is 0 Å². The van der Waals surface area contributed by atoms with Crippen LogP contribution in [-0.2, 0) is 35.4 Å². The molecule has 47 heavy (non-hydrogen) atoms. The van der Waals surface area contributed by atoms with E-state index in [1.807, 2.05) is 26.0 Å². The summed E-state index contributed by atoms with van der Waals surface area (Å²) in [6.07, 6.45) is -1.04. The Bertz CT molecular complexity index is 1410. The quantitative estimate of drug-likeness (QED) is 0.222. The van der Waals surface area contributed by atoms with Crippen LogP contribution in [0.25, 0.3) is 0 Å². The zero-order chi connectivity index (χ0) is 34.0. The monoisotopic (exact) mass is 678 g/mol. The fourth-order valence-corrected chi connectivity index (χ4v) is 7.13. The highest BCUT2D eigenvalue weighted by molar-refractivity contribution is 7.89. The fraction of sp³-hybridized carbons (Fsp3) is 0.562. The van der Waals surface area contributed by atoms with Gasteiger partial charge in [-0.3, -0.25) is 0 Å². The molecule has 0 radical (unpaired) electrons. The van der Waals surface area contributed by atoms with Crippen molar-refractivity contribution in [3.05, 3.63) is 54.1 Å². The highest BCUT2D eigenvalue weighted by Crippen LogP contribution is 2.33. The Morgan fingerprint density at radius 3 is 2.36 bits per heavy atom. The van der Waals surface area contributed by atoms with E-state index in [0.29, 0.717) is 18.1 Å². The van der Waals surface area contributed by atoms with Crippen LogP contribution in [0, 0.1) is 11.8 Å². The molecule has 4 rings (SSSR count). The van der Waals surface area contributed by atoms with Gasteiger partial charge in [0, 0.05) is 19.1 Å². The van der Waals surface area contributed by atoms with E-state index in [1.165, 1.54) is 30.7 Å². The number of nitrogens with one attached hydrogen (secondary N) is 2. The van der Waals surface area contributed by atoms with Crippen LogP contribution in [0.5, 0.6) is 11.5 Å². The van der Waals surface area contributed by atoms with Crippen LogP contribution in [0.3, 0.4) is 0 Å². The Morgan fingerprint density at radius 1 is 1.00 bits per heavy atom. The maximum Gasteiger partial charge on any atom is 0.407 e. The summed E-state index contributed by atoms with van der Waals surface area (Å²) in [7, 11) is -1.13. The lowest BCUT2D eigenvalue weighted by Crippen LogP contribution is -2.55. The van der Waals surface area contributed by atoms with Crippen LogP contribution in [-0.4, -0.2) is 103 Å². The second kappa shape index (κ2) is 17.0. The van der Waals surface area contributed by atoms with E-state index in [4.69, 9.17) is 29.4 Å². The van der Waals surface area contributed by atoms with Crippen molar-refractivity contribution in [1.29, 1.82) is 0 Å². The molecule has 2 fully saturated rings. The highest BCUT2D eigenvalue weighted by atomic mass is 32.2. The number of rotatable bonds is 16. The van der Waals surface area contributed by atoms with E-state index in [0.717, 1.165) is 12.0 Å². The molecule has 2 amide bonds. The number of carbonyl (C=O) groups excluding carboxylic acids is 2. The summed E-state index contributed by atoms with van der Waals surface area (Å²) in [5, 5.41) is 5.45. The molecule has 4 N–H and O–H groups in total. The Labute approximate surface area is 276 Å². The average molecular weight is 679 g/mol. The molecule has 0 bridgehead atoms. The first-order chi connectivity index (χ1) is 22.5. The lowest BCUT2D eigenvalue weighted by molar-refractivity contribution is -0.0907. The number of methoxy groups -OCH3 is 2. The number of benzene rings is 2. The first kappa shape index (κ1) is 36.2. The second-order valence-electron chi connectivity index (χ2n) is 11.9. The molecule has 0 saturated carbocycles. The summed E-state index contributed by atoms with van der Waals surface area (Å²) in [6.45, 7) is 5.29. The van der Waals surface area contributed by atoms with Gasteiger partial charge < -0.3 is 44.8 Å². The van der Waals surface area contributed by atoms with Crippen LogP contribution in [0.4, 0.5) is 9.59 Å². The number of amides is 2. The highest BCUT2D eigenvalue weighted by Gasteiger charge is 2.44. The number of carbonyl (C=O) groups is 2. The van der Waals surface area contributed by atoms with Crippen molar-refractivity contribution in [3.63, 3.8) is 0 Å². The molecule has 260 valence electrons. The number of alkyl carbamates (subject to hydrolysis) is 2. The summed E-state index contributed by atoms with van der Waals surface area (Å²) in [6, 6.07) is 11.9. The Morgan fingerprint density at radius 2 is 1.70 bits per heavy atom. The normalized spacial score (nSPS) is 20.4. The Hall–Kier alpha value is -3.63. The largest absolute Gasteiger partial charge is 0.497 e. The van der Waals surface area contributed by atoms with Crippen LogP contribution < -0.4 is 25.8 Å². The minimum atomic E-state index is -3.93. The number of ether oxygens (including phenoxy) is 6. The number of fused-ring (bicyclic) bond motifs is 1. The van der Waals surface area contributed by atoms with Gasteiger partial charge in [0.15, 0.2) is 6.29 Å². The SMILES string of the molecule is COC(=O)NCCOc1ccc(C[C@H](NC(=O)O[C@H]2CO[C@H]3OCC[C@H]32)[C@H](N)CN(CC(C)C)S(=O)(=O)c2ccc(OC)cc2)cc1. The standard InChI is InChI=1S/C32H46N4O10S/c1-21(2)18-36(47(39,40)25-11-9-23(41-3)10-12-25)19-27(33)28(35-32(38)46-29-20-45-30-26(29)13-15-44-30)17-22-5-7-24(8-6-22)43-16-14-34-31(37)42-4/h5-12,21,26-30H,13-20,33H2,1-4H3,(H,34,37)(H,35,38)/t26-,27+,28-,29-,30+/m0/s1. The molecule has 0 aliphatic carbocycles. The van der Waals surface area contributed by atoms with Crippen molar-refractivity contribution >= 4 is 22.2 Å². The Balaban J connectivity index is 1.48. The molecule has 2 heterocycles. The van der Waals surface area contributed by atoms with Gasteiger partial charge in [-0.25, -0.2) is 18.0 Å². The molecule has 0 unspecified atom stereocenters. The van der Waals surface area contributed by atoms with Gasteiger partial charge in [0.1, 0.15) is 24.2 Å². The summed E-state index contributed by atoms with van der Waals surface area (Å²) < 4.78 is 61.3. The zero-order valence-electron chi connectivity index (χ0n) is 27.3. The molecule has 15 heteroatoms. The molecular weight excluding hydrogens is 632 g/mol. The number of nitrogens with zero attached hydrogens (tertiary/aromatic N) is 1. The first-order valence-electron chi connectivity index (χ1n) is 15.6. The molecule has 2 aromatic rings. The molecule has 5 atom stereocenters. The maximum absolute atomic E-state index is 13.8. The van der Waals surface area contributed by atoms with Gasteiger partial charge in [-0.2, -0.15) is 4.31 Å². The third-order valence-corrected chi connectivity index (χ3v) is 9.79. The lowest BCUT2D eigenvalue weighted by Gasteiger charge is -2.31. The fourth-order valence-electron chi connectivity index (χ4n) is 5.49. The van der Waals surface area contributed by atoms with E-state index in [1.54, 1.807) is 24.3 Å². The summed E-state index contributed by atoms with van der Waals surface area (Å²) in [4.78, 5) is 24.6. The average Bonchev–Trinajstić information content (AvgIpc) is 3.68. The number of hydrogen-bond acceptors (Lipinski definition) is 11. The topological polar surface area (TPSA) is 177 Å². The minimum Gasteiger partial charge on any atom is -0.497 e. The predicted octanol–water partition coefficient (Wildman–Crippen LogP) is 2.50. The number of sulfonamides is 1. The summed E-state index contributed by atoms with van der Waals surface area (Å²) >= 11 is 0. The Kier molecular flexibility index (Phi) is 13.1. The smallest absolute Gasteiger partial charge is 0.407 e. The van der Waals surface area contributed by atoms with Crippen LogP contribution in [0.1, 0.15) is 25.8 Å². The minimum absolute atomic E-state index is 0.00547. The third kappa shape index (κ3) is 10.2. The van der Waals surface area contributed by atoms with E-state index in [-0.39, 0.29) is 62.3 Å². The summed E-state index contributed by atoms with van der Waals surface area (Å²) in [5.41, 5.74) is 7.57. The van der Waals surface area contributed by atoms with E-state index < -0.39 is 40.4 Å². The molecule has 0 aromatic heterocycles. The number of nitrogens with two attached hydrogens (primary N) is 1. The molecule has 2 aliphatic heterocycles. The molecule has 14 nitrogen and oxygen atoms in total. The predicted molar refractivity (Wildman–Crippen MR) is 172 cm³/mol. The molecule has 2 saturated heterocycles. The third-order valence-electron chi connectivity index (χ3n) is 7.95. The van der Waals surface area contributed by atoms with Gasteiger partial charge in [-0.05, 0) is 60.7 Å². The number of hydrogen-bond donors (Lipinski definition) is 3. The van der Waals surface area contributed by atoms with Gasteiger partial charge in [0.2, 0.25) is 10.0 Å². The lowest BCUT2D eigenvalue weighted by atomic mass is 9.99. The molecular formula is C32H46N4O10S. The molecule has 2 aromatic carbocycles. The van der Waals surface area contributed by atoms with Crippen LogP contribution in [0.2, 0.25) is 0 Å². The van der Waals surface area contributed by atoms with Gasteiger partial charge in [0.25, 0.3) is 0 Å². The van der Waals surface area contributed by atoms with Crippen molar-refractivity contribution in [2.24, 2.45) is 17.6 Å². The second-order valence-corrected chi connectivity index (χ2v) is 13.8. The molecule has 2 aliphatic rings. The first-order valence-corrected chi connectivity index (χ1v) is 17.1. The van der Waals surface area contributed by atoms with Crippen LogP contribution >= 0.6 is 0 Å². The van der Waals surface area contributed by atoms with Gasteiger partial charge >= 0.3 is 12.2 Å². The maximum atomic E-state index is 13.8. The van der Waals surface area contributed by atoms with Gasteiger partial charge in [-0.15, -0.1) is 0 Å². The van der Waals surface area contributed by atoms with E-state index in [2.05, 4.69) is 15.4 Å². The van der Waals surface area contributed by atoms with E-state index in [9.17, 15) is 18.0 Å².